The van der Waals surface area contributed by atoms with Crippen LogP contribution in [0, 0.1) is 11.8 Å². The van der Waals surface area contributed by atoms with Crippen molar-refractivity contribution in [2.45, 2.75) is 145 Å². The molecule has 1 N–H and O–H groups in total. The average molecular weight is 915 g/mol. The van der Waals surface area contributed by atoms with Gasteiger partial charge in [0.2, 0.25) is 0 Å². The number of benzene rings is 2. The molecule has 1 aliphatic rings. The number of aromatic nitrogens is 5. The molecule has 8 heteroatoms. The minimum Gasteiger partial charge on any atom is -0.316 e. The van der Waals surface area contributed by atoms with Crippen molar-refractivity contribution >= 4 is 32.9 Å². The second-order valence-electron chi connectivity index (χ2n) is 18.4. The number of pyridine rings is 3. The van der Waals surface area contributed by atoms with Crippen LogP contribution in [0.25, 0.3) is 10.2 Å². The van der Waals surface area contributed by atoms with Gasteiger partial charge in [0.15, 0.2) is 0 Å². The van der Waals surface area contributed by atoms with Crippen molar-refractivity contribution in [3.63, 3.8) is 0 Å². The molecule has 7 aromatic rings. The highest BCUT2D eigenvalue weighted by Gasteiger charge is 2.15. The third kappa shape index (κ3) is 24.5. The zero-order valence-corrected chi connectivity index (χ0v) is 43.9. The van der Waals surface area contributed by atoms with Crippen LogP contribution >= 0.6 is 22.7 Å². The Labute approximate surface area is 403 Å². The molecule has 0 saturated carbocycles. The molecule has 8 rings (SSSR count). The molecule has 2 aromatic carbocycles. The first-order chi connectivity index (χ1) is 31.1. The summed E-state index contributed by atoms with van der Waals surface area (Å²) in [5.74, 6) is 5.37. The van der Waals surface area contributed by atoms with Gasteiger partial charge in [-0.15, -0.1) is 22.7 Å². The first kappa shape index (κ1) is 56.5. The molecular formula is C57H82N6S2. The minimum atomic E-state index is 0.544. The van der Waals surface area contributed by atoms with Gasteiger partial charge >= 0.3 is 0 Å². The Morgan fingerprint density at radius 3 is 1.49 bits per heavy atom. The molecule has 1 saturated heterocycles. The summed E-state index contributed by atoms with van der Waals surface area (Å²) < 4.78 is 1.29. The maximum atomic E-state index is 4.53. The molecule has 1 unspecified atom stereocenters. The van der Waals surface area contributed by atoms with E-state index in [2.05, 4.69) is 176 Å². The topological polar surface area (TPSA) is 76.5 Å². The fourth-order valence-electron chi connectivity index (χ4n) is 6.13. The summed E-state index contributed by atoms with van der Waals surface area (Å²) >= 11 is 3.51. The van der Waals surface area contributed by atoms with Gasteiger partial charge in [-0.05, 0) is 121 Å². The Hall–Kier alpha value is -4.63. The van der Waals surface area contributed by atoms with Crippen molar-refractivity contribution in [3.05, 3.63) is 172 Å². The van der Waals surface area contributed by atoms with E-state index in [1.165, 1.54) is 57.3 Å². The van der Waals surface area contributed by atoms with E-state index < -0.39 is 0 Å². The van der Waals surface area contributed by atoms with Gasteiger partial charge in [-0.3, -0.25) is 15.0 Å². The van der Waals surface area contributed by atoms with Gasteiger partial charge in [0, 0.05) is 60.1 Å². The third-order valence-corrected chi connectivity index (χ3v) is 12.9. The first-order valence-corrected chi connectivity index (χ1v) is 25.5. The highest BCUT2D eigenvalue weighted by atomic mass is 32.1. The van der Waals surface area contributed by atoms with Crippen molar-refractivity contribution in [3.8, 4) is 0 Å². The Bertz CT molecular complexity index is 1920. The second kappa shape index (κ2) is 32.9. The normalized spacial score (nSPS) is 13.0. The lowest BCUT2D eigenvalue weighted by molar-refractivity contribution is 0.296. The molecule has 5 aromatic heterocycles. The van der Waals surface area contributed by atoms with Crippen LogP contribution in [0.5, 0.6) is 0 Å². The number of fused-ring (bicyclic) bond motifs is 1. The van der Waals surface area contributed by atoms with Crippen LogP contribution in [0.2, 0.25) is 0 Å². The number of para-hydroxylation sites is 1. The standard InChI is InChI=1S/C10H11NS.C9H12.C8H11N.C8H17N.2C8H11N.C6H9NS/c1-7(2)10-11-8-5-3-4-6-9(8)12-10;1-8(2)9-6-4-3-5-7-9;1-7(2)8-3-5-9-6-4-8;2*1-7(2)8-4-3-5-9-6-8;1-7(2)8-5-3-4-6-9-8;1-5(2)6-7-3-4-8-6/h3-7H,1-2H3;3-8H,1-2H3;3-7H,1-2H3;7-9H,3-6H2,1-2H3;2*3-7H,1-2H3;3-5H,1-2H3. The highest BCUT2D eigenvalue weighted by Crippen LogP contribution is 2.26. The van der Waals surface area contributed by atoms with E-state index in [1.54, 1.807) is 28.9 Å². The van der Waals surface area contributed by atoms with E-state index in [9.17, 15) is 0 Å². The van der Waals surface area contributed by atoms with Crippen molar-refractivity contribution in [2.24, 2.45) is 11.8 Å². The first-order valence-electron chi connectivity index (χ1n) is 23.8. The Kier molecular flexibility index (Phi) is 28.6. The van der Waals surface area contributed by atoms with Crippen molar-refractivity contribution in [1.29, 1.82) is 0 Å². The largest absolute Gasteiger partial charge is 0.316 e. The van der Waals surface area contributed by atoms with Gasteiger partial charge in [-0.25, -0.2) is 9.97 Å². The van der Waals surface area contributed by atoms with Crippen LogP contribution in [0.3, 0.4) is 0 Å². The zero-order chi connectivity index (χ0) is 48.0. The smallest absolute Gasteiger partial charge is 0.0963 e. The number of thiazole rings is 2. The number of hydrogen-bond donors (Lipinski definition) is 1. The van der Waals surface area contributed by atoms with Crippen LogP contribution < -0.4 is 5.32 Å². The van der Waals surface area contributed by atoms with Gasteiger partial charge in [-0.2, -0.15) is 0 Å². The number of rotatable bonds is 7. The number of nitrogens with one attached hydrogen (secondary N) is 1. The molecule has 0 spiro atoms. The average Bonchev–Trinajstić information content (AvgIpc) is 4.04. The van der Waals surface area contributed by atoms with Crippen LogP contribution in [-0.4, -0.2) is 38.0 Å². The lowest BCUT2D eigenvalue weighted by atomic mass is 9.89. The number of hydrogen-bond acceptors (Lipinski definition) is 8. The van der Waals surface area contributed by atoms with Crippen LogP contribution in [-0.2, 0) is 0 Å². The van der Waals surface area contributed by atoms with Gasteiger partial charge in [0.25, 0.3) is 0 Å². The molecule has 352 valence electrons. The van der Waals surface area contributed by atoms with E-state index >= 15 is 0 Å². The summed E-state index contributed by atoms with van der Waals surface area (Å²) in [5.41, 5.74) is 6.36. The molecule has 0 bridgehead atoms. The number of piperidine rings is 1. The molecule has 0 amide bonds. The maximum absolute atomic E-state index is 4.53. The monoisotopic (exact) mass is 915 g/mol. The van der Waals surface area contributed by atoms with E-state index in [4.69, 9.17) is 0 Å². The predicted molar refractivity (Wildman–Crippen MR) is 286 cm³/mol. The van der Waals surface area contributed by atoms with E-state index in [-0.39, 0.29) is 0 Å². The van der Waals surface area contributed by atoms with Crippen LogP contribution in [0.1, 0.15) is 178 Å². The van der Waals surface area contributed by atoms with Crippen molar-refractivity contribution in [2.75, 3.05) is 13.1 Å². The molecule has 65 heavy (non-hydrogen) atoms. The zero-order valence-electron chi connectivity index (χ0n) is 42.3. The molecule has 6 nitrogen and oxygen atoms in total. The molecule has 6 heterocycles. The lowest BCUT2D eigenvalue weighted by Gasteiger charge is -2.25. The summed E-state index contributed by atoms with van der Waals surface area (Å²) in [6.45, 7) is 33.2. The lowest BCUT2D eigenvalue weighted by Crippen LogP contribution is -2.32. The van der Waals surface area contributed by atoms with Gasteiger partial charge < -0.3 is 5.32 Å². The molecule has 1 fully saturated rings. The highest BCUT2D eigenvalue weighted by molar-refractivity contribution is 7.18. The van der Waals surface area contributed by atoms with Crippen LogP contribution in [0.15, 0.2) is 140 Å². The fourth-order valence-corrected chi connectivity index (χ4v) is 7.75. The fraction of sp³-hybridized carbons (Fsp3) is 0.456. The summed E-state index contributed by atoms with van der Waals surface area (Å²) in [6.07, 6.45) is 13.9. The Morgan fingerprint density at radius 2 is 1.11 bits per heavy atom. The molecular weight excluding hydrogens is 833 g/mol. The summed E-state index contributed by atoms with van der Waals surface area (Å²) in [6, 6.07) is 33.0. The summed E-state index contributed by atoms with van der Waals surface area (Å²) in [7, 11) is 0. The van der Waals surface area contributed by atoms with Gasteiger partial charge in [-0.1, -0.05) is 152 Å². The quantitative estimate of drug-likeness (QED) is 0.172. The third-order valence-electron chi connectivity index (χ3n) is 10.5. The van der Waals surface area contributed by atoms with Crippen LogP contribution in [0.4, 0.5) is 0 Å². The Balaban J connectivity index is 0.000000262. The second-order valence-corrected chi connectivity index (χ2v) is 20.4. The number of nitrogens with zero attached hydrogens (tertiary/aromatic N) is 5. The van der Waals surface area contributed by atoms with Gasteiger partial charge in [0.05, 0.1) is 20.2 Å². The Morgan fingerprint density at radius 1 is 0.508 bits per heavy atom. The predicted octanol–water partition coefficient (Wildman–Crippen LogP) is 16.8. The SMILES string of the molecule is CC(C)C1CCCNC1.CC(C)c1ccccc1.CC(C)c1ccccn1.CC(C)c1cccnc1.CC(C)c1ccncc1.CC(C)c1nc2ccccc2s1.CC(C)c1nccs1. The van der Waals surface area contributed by atoms with Crippen molar-refractivity contribution in [1.82, 2.24) is 30.2 Å². The minimum absolute atomic E-state index is 0.544. The van der Waals surface area contributed by atoms with Crippen molar-refractivity contribution < 1.29 is 0 Å². The molecule has 1 atom stereocenters. The molecule has 0 radical (unpaired) electrons. The molecule has 1 aliphatic heterocycles. The van der Waals surface area contributed by atoms with E-state index in [0.717, 1.165) is 23.0 Å². The molecule has 0 aliphatic carbocycles. The van der Waals surface area contributed by atoms with Gasteiger partial charge in [0.1, 0.15) is 0 Å². The summed E-state index contributed by atoms with van der Waals surface area (Å²) in [5, 5.41) is 7.88. The van der Waals surface area contributed by atoms with E-state index in [0.29, 0.717) is 35.5 Å². The maximum Gasteiger partial charge on any atom is 0.0963 e. The van der Waals surface area contributed by atoms with E-state index in [1.807, 2.05) is 84.9 Å². The summed E-state index contributed by atoms with van der Waals surface area (Å²) in [4.78, 5) is 20.8.